The molecule has 1 aromatic carbocycles. The molecule has 0 saturated carbocycles. The first-order valence-electron chi connectivity index (χ1n) is 6.83. The Balaban J connectivity index is 2.14. The topological polar surface area (TPSA) is 81.6 Å². The summed E-state index contributed by atoms with van der Waals surface area (Å²) >= 11 is 0. The van der Waals surface area contributed by atoms with Crippen molar-refractivity contribution >= 4 is 6.03 Å². The van der Waals surface area contributed by atoms with Gasteiger partial charge in [0, 0.05) is 25.1 Å². The second kappa shape index (κ2) is 7.75. The molecule has 0 aliphatic carbocycles. The van der Waals surface area contributed by atoms with Crippen molar-refractivity contribution in [3.8, 4) is 5.75 Å². The molecule has 0 radical (unpaired) electrons. The van der Waals surface area contributed by atoms with Gasteiger partial charge in [-0.1, -0.05) is 26.0 Å². The van der Waals surface area contributed by atoms with Crippen molar-refractivity contribution in [3.63, 3.8) is 0 Å². The Hall–Kier alpha value is -1.75. The molecule has 0 aliphatic heterocycles. The van der Waals surface area contributed by atoms with Gasteiger partial charge in [-0.15, -0.1) is 0 Å². The van der Waals surface area contributed by atoms with E-state index in [0.717, 1.165) is 18.4 Å². The van der Waals surface area contributed by atoms with Gasteiger partial charge in [0.25, 0.3) is 0 Å². The van der Waals surface area contributed by atoms with Gasteiger partial charge in [0.2, 0.25) is 0 Å². The Morgan fingerprint density at radius 3 is 2.45 bits per heavy atom. The van der Waals surface area contributed by atoms with Crippen LogP contribution < -0.4 is 10.6 Å². The highest BCUT2D eigenvalue weighted by atomic mass is 16.3. The second-order valence-corrected chi connectivity index (χ2v) is 5.70. The first kappa shape index (κ1) is 16.3. The lowest BCUT2D eigenvalue weighted by Crippen LogP contribution is -2.42. The number of nitrogens with one attached hydrogen (secondary N) is 2. The van der Waals surface area contributed by atoms with E-state index in [-0.39, 0.29) is 23.8 Å². The smallest absolute Gasteiger partial charge is 0.314 e. The number of aliphatic hydroxyl groups excluding tert-OH is 1. The van der Waals surface area contributed by atoms with Crippen LogP contribution >= 0.6 is 0 Å². The molecular formula is C15H24N2O3. The molecule has 1 rings (SSSR count). The summed E-state index contributed by atoms with van der Waals surface area (Å²) in [5.74, 6) is 0.262. The van der Waals surface area contributed by atoms with Crippen molar-refractivity contribution < 1.29 is 15.0 Å². The molecule has 0 saturated heterocycles. The second-order valence-electron chi connectivity index (χ2n) is 5.70. The lowest BCUT2D eigenvalue weighted by atomic mass is 9.95. The fourth-order valence-corrected chi connectivity index (χ4v) is 1.60. The summed E-state index contributed by atoms with van der Waals surface area (Å²) in [5.41, 5.74) is 0.829. The van der Waals surface area contributed by atoms with E-state index in [1.165, 1.54) is 0 Å². The molecule has 0 fully saturated rings. The normalized spacial score (nSPS) is 11.2. The van der Waals surface area contributed by atoms with Crippen molar-refractivity contribution in [3.05, 3.63) is 29.8 Å². The maximum atomic E-state index is 11.5. The van der Waals surface area contributed by atoms with Gasteiger partial charge < -0.3 is 20.8 Å². The average molecular weight is 280 g/mol. The number of phenols is 1. The first-order valence-corrected chi connectivity index (χ1v) is 6.83. The summed E-state index contributed by atoms with van der Waals surface area (Å²) in [4.78, 5) is 11.5. The van der Waals surface area contributed by atoms with Gasteiger partial charge in [-0.2, -0.15) is 0 Å². The molecule has 5 nitrogen and oxygen atoms in total. The van der Waals surface area contributed by atoms with Crippen molar-refractivity contribution in [2.45, 2.75) is 26.7 Å². The minimum absolute atomic E-state index is 0.0358. The molecule has 0 unspecified atom stereocenters. The third-order valence-electron chi connectivity index (χ3n) is 3.02. The highest BCUT2D eigenvalue weighted by molar-refractivity contribution is 5.73. The van der Waals surface area contributed by atoms with Gasteiger partial charge >= 0.3 is 6.03 Å². The van der Waals surface area contributed by atoms with Crippen molar-refractivity contribution in [1.82, 2.24) is 10.6 Å². The molecule has 0 aliphatic rings. The molecule has 0 atom stereocenters. The SMILES string of the molecule is CC(C)(CO)CNC(=O)NCCCc1ccc(O)cc1. The first-order chi connectivity index (χ1) is 9.43. The lowest BCUT2D eigenvalue weighted by Gasteiger charge is -2.21. The van der Waals surface area contributed by atoms with Gasteiger partial charge in [-0.05, 0) is 30.5 Å². The van der Waals surface area contributed by atoms with Crippen molar-refractivity contribution in [1.29, 1.82) is 0 Å². The van der Waals surface area contributed by atoms with Gasteiger partial charge in [-0.25, -0.2) is 4.79 Å². The molecule has 0 spiro atoms. The van der Waals surface area contributed by atoms with Crippen LogP contribution in [0.2, 0.25) is 0 Å². The van der Waals surface area contributed by atoms with E-state index in [0.29, 0.717) is 13.1 Å². The van der Waals surface area contributed by atoms with E-state index >= 15 is 0 Å². The number of aryl methyl sites for hydroxylation is 1. The van der Waals surface area contributed by atoms with Crippen LogP contribution in [0.15, 0.2) is 24.3 Å². The minimum atomic E-state index is -0.302. The number of carbonyl (C=O) groups is 1. The summed E-state index contributed by atoms with van der Waals surface area (Å²) in [6.45, 7) is 4.84. The third-order valence-corrected chi connectivity index (χ3v) is 3.02. The number of benzene rings is 1. The van der Waals surface area contributed by atoms with Gasteiger partial charge in [0.05, 0.1) is 0 Å². The Bertz CT molecular complexity index is 416. The largest absolute Gasteiger partial charge is 0.508 e. The summed E-state index contributed by atoms with van der Waals surface area (Å²) < 4.78 is 0. The number of aliphatic hydroxyl groups is 1. The molecule has 5 heteroatoms. The van der Waals surface area contributed by atoms with Gasteiger partial charge in [-0.3, -0.25) is 0 Å². The van der Waals surface area contributed by atoms with Gasteiger partial charge in [0.15, 0.2) is 0 Å². The maximum Gasteiger partial charge on any atom is 0.314 e. The number of phenolic OH excluding ortho intramolecular Hbond substituents is 1. The number of carbonyl (C=O) groups excluding carboxylic acids is 1. The summed E-state index contributed by atoms with van der Waals surface area (Å²) in [5, 5.41) is 23.8. The van der Waals surface area contributed by atoms with E-state index in [1.807, 2.05) is 26.0 Å². The minimum Gasteiger partial charge on any atom is -0.508 e. The zero-order valence-electron chi connectivity index (χ0n) is 12.1. The Kier molecular flexibility index (Phi) is 6.31. The van der Waals surface area contributed by atoms with E-state index in [1.54, 1.807) is 12.1 Å². The van der Waals surface area contributed by atoms with Crippen LogP contribution in [0.5, 0.6) is 5.75 Å². The number of amides is 2. The monoisotopic (exact) mass is 280 g/mol. The Labute approximate surface area is 120 Å². The molecule has 0 bridgehead atoms. The molecule has 2 amide bonds. The number of hydrogen-bond acceptors (Lipinski definition) is 3. The molecule has 0 heterocycles. The molecule has 112 valence electrons. The highest BCUT2D eigenvalue weighted by Gasteiger charge is 2.16. The van der Waals surface area contributed by atoms with Crippen LogP contribution in [0.4, 0.5) is 4.79 Å². The average Bonchev–Trinajstić information content (AvgIpc) is 2.43. The zero-order valence-corrected chi connectivity index (χ0v) is 12.1. The van der Waals surface area contributed by atoms with E-state index < -0.39 is 0 Å². The zero-order chi connectivity index (χ0) is 15.0. The van der Waals surface area contributed by atoms with Crippen molar-refractivity contribution in [2.24, 2.45) is 5.41 Å². The quantitative estimate of drug-likeness (QED) is 0.573. The number of rotatable bonds is 7. The Morgan fingerprint density at radius 1 is 1.20 bits per heavy atom. The molecule has 20 heavy (non-hydrogen) atoms. The number of hydrogen-bond donors (Lipinski definition) is 4. The predicted octanol–water partition coefficient (Wildman–Crippen LogP) is 1.64. The lowest BCUT2D eigenvalue weighted by molar-refractivity contribution is 0.157. The van der Waals surface area contributed by atoms with Crippen molar-refractivity contribution in [2.75, 3.05) is 19.7 Å². The highest BCUT2D eigenvalue weighted by Crippen LogP contribution is 2.11. The van der Waals surface area contributed by atoms with Crippen LogP contribution in [-0.4, -0.2) is 35.9 Å². The van der Waals surface area contributed by atoms with Crippen LogP contribution in [0.25, 0.3) is 0 Å². The summed E-state index contributed by atoms with van der Waals surface area (Å²) in [6, 6.07) is 6.86. The van der Waals surface area contributed by atoms with Crippen LogP contribution in [0, 0.1) is 5.41 Å². The van der Waals surface area contributed by atoms with E-state index in [2.05, 4.69) is 10.6 Å². The van der Waals surface area contributed by atoms with E-state index in [4.69, 9.17) is 10.2 Å². The standard InChI is InChI=1S/C15H24N2O3/c1-15(2,11-18)10-17-14(20)16-9-3-4-12-5-7-13(19)8-6-12/h5-8,18-19H,3-4,9-11H2,1-2H3,(H2,16,17,20). The molecule has 4 N–H and O–H groups in total. The molecular weight excluding hydrogens is 256 g/mol. The summed E-state index contributed by atoms with van der Waals surface area (Å²) in [6.07, 6.45) is 1.68. The van der Waals surface area contributed by atoms with Gasteiger partial charge in [0.1, 0.15) is 5.75 Å². The van der Waals surface area contributed by atoms with E-state index in [9.17, 15) is 4.79 Å². The number of aromatic hydroxyl groups is 1. The fourth-order valence-electron chi connectivity index (χ4n) is 1.60. The maximum absolute atomic E-state index is 11.5. The third kappa shape index (κ3) is 6.43. The Morgan fingerprint density at radius 2 is 1.85 bits per heavy atom. The van der Waals surface area contributed by atoms with Crippen LogP contribution in [0.1, 0.15) is 25.8 Å². The molecule has 1 aromatic rings. The summed E-state index contributed by atoms with van der Waals surface area (Å²) in [7, 11) is 0. The number of urea groups is 1. The van der Waals surface area contributed by atoms with Crippen LogP contribution in [0.3, 0.4) is 0 Å². The fraction of sp³-hybridized carbons (Fsp3) is 0.533. The predicted molar refractivity (Wildman–Crippen MR) is 78.7 cm³/mol. The molecule has 0 aromatic heterocycles. The van der Waals surface area contributed by atoms with Crippen LogP contribution in [-0.2, 0) is 6.42 Å².